The van der Waals surface area contributed by atoms with E-state index in [4.69, 9.17) is 9.47 Å². The van der Waals surface area contributed by atoms with Crippen LogP contribution in [-0.2, 0) is 14.8 Å². The fourth-order valence-corrected chi connectivity index (χ4v) is 4.35. The van der Waals surface area contributed by atoms with Gasteiger partial charge in [-0.15, -0.1) is 0 Å². The normalized spacial score (nSPS) is 20.7. The van der Waals surface area contributed by atoms with Crippen molar-refractivity contribution >= 4 is 16.1 Å². The molecule has 1 unspecified atom stereocenters. The van der Waals surface area contributed by atoms with Crippen LogP contribution in [0.2, 0.25) is 0 Å². The predicted molar refractivity (Wildman–Crippen MR) is 92.3 cm³/mol. The van der Waals surface area contributed by atoms with Gasteiger partial charge < -0.3 is 14.4 Å². The molecule has 1 heterocycles. The average Bonchev–Trinajstić information content (AvgIpc) is 3.32. The summed E-state index contributed by atoms with van der Waals surface area (Å²) in [6.45, 7) is 6.47. The molecule has 25 heavy (non-hydrogen) atoms. The molecule has 1 atom stereocenters. The second-order valence-electron chi connectivity index (χ2n) is 6.56. The van der Waals surface area contributed by atoms with E-state index in [2.05, 4.69) is 4.72 Å². The molecule has 0 aromatic heterocycles. The topological polar surface area (TPSA) is 84.9 Å². The van der Waals surface area contributed by atoms with Gasteiger partial charge in [-0.2, -0.15) is 0 Å². The molecule has 0 bridgehead atoms. The summed E-state index contributed by atoms with van der Waals surface area (Å²) in [4.78, 5) is 13.7. The molecule has 1 N–H and O–H groups in total. The molecule has 1 aliphatic carbocycles. The molecule has 1 amide bonds. The molecular weight excluding hydrogens is 344 g/mol. The first-order valence-corrected chi connectivity index (χ1v) is 10.0. The van der Waals surface area contributed by atoms with Gasteiger partial charge in [0.1, 0.15) is 11.9 Å². The van der Waals surface area contributed by atoms with E-state index in [0.717, 1.165) is 18.4 Å². The highest BCUT2D eigenvalue weighted by molar-refractivity contribution is 7.89. The van der Waals surface area contributed by atoms with Gasteiger partial charge in [-0.3, -0.25) is 0 Å². The van der Waals surface area contributed by atoms with Crippen molar-refractivity contribution in [2.45, 2.75) is 50.7 Å². The van der Waals surface area contributed by atoms with Gasteiger partial charge in [0.2, 0.25) is 10.0 Å². The molecule has 2 fully saturated rings. The first-order chi connectivity index (χ1) is 11.8. The quantitative estimate of drug-likeness (QED) is 0.795. The van der Waals surface area contributed by atoms with Gasteiger partial charge in [0.05, 0.1) is 18.0 Å². The highest BCUT2D eigenvalue weighted by Gasteiger charge is 2.41. The lowest BCUT2D eigenvalue weighted by Crippen LogP contribution is -2.35. The van der Waals surface area contributed by atoms with E-state index >= 15 is 0 Å². The number of amides is 1. The van der Waals surface area contributed by atoms with Crippen LogP contribution in [-0.4, -0.2) is 51.3 Å². The molecular formula is C17H24N2O5S. The maximum Gasteiger partial charge on any atom is 0.410 e. The van der Waals surface area contributed by atoms with E-state index in [1.54, 1.807) is 24.0 Å². The zero-order chi connectivity index (χ0) is 18.2. The average molecular weight is 368 g/mol. The largest absolute Gasteiger partial charge is 0.494 e. The minimum absolute atomic E-state index is 0.0724. The van der Waals surface area contributed by atoms with Crippen molar-refractivity contribution in [1.29, 1.82) is 0 Å². The van der Waals surface area contributed by atoms with Crippen molar-refractivity contribution in [3.05, 3.63) is 23.3 Å². The van der Waals surface area contributed by atoms with Crippen molar-refractivity contribution in [1.82, 2.24) is 9.62 Å². The van der Waals surface area contributed by atoms with Gasteiger partial charge in [0.25, 0.3) is 0 Å². The third-order valence-corrected chi connectivity index (χ3v) is 6.02. The monoisotopic (exact) mass is 368 g/mol. The van der Waals surface area contributed by atoms with E-state index in [1.807, 2.05) is 13.8 Å². The maximum absolute atomic E-state index is 12.6. The Bertz CT molecular complexity index is 773. The Hall–Kier alpha value is -1.80. The number of aryl methyl sites for hydroxylation is 2. The molecule has 0 radical (unpaired) electrons. The number of hydrogen-bond donors (Lipinski definition) is 1. The van der Waals surface area contributed by atoms with Crippen LogP contribution in [0.3, 0.4) is 0 Å². The smallest absolute Gasteiger partial charge is 0.410 e. The van der Waals surface area contributed by atoms with E-state index < -0.39 is 16.1 Å². The Kier molecular flexibility index (Phi) is 4.92. The number of hydrogen-bond acceptors (Lipinski definition) is 5. The third kappa shape index (κ3) is 3.90. The number of cyclic esters (lactones) is 1. The summed E-state index contributed by atoms with van der Waals surface area (Å²) in [6.07, 6.45) is 1.20. The molecule has 0 spiro atoms. The highest BCUT2D eigenvalue weighted by Crippen LogP contribution is 2.30. The summed E-state index contributed by atoms with van der Waals surface area (Å²) in [5, 5.41) is 0. The maximum atomic E-state index is 12.6. The molecule has 8 heteroatoms. The van der Waals surface area contributed by atoms with Gasteiger partial charge in [0.15, 0.2) is 0 Å². The summed E-state index contributed by atoms with van der Waals surface area (Å²) in [5.41, 5.74) is 1.38. The third-order valence-electron chi connectivity index (χ3n) is 4.45. The van der Waals surface area contributed by atoms with Gasteiger partial charge in [-0.25, -0.2) is 17.9 Å². The Balaban J connectivity index is 1.68. The number of nitrogens with one attached hydrogen (secondary N) is 1. The molecule has 1 aromatic rings. The van der Waals surface area contributed by atoms with Crippen LogP contribution in [0.15, 0.2) is 17.0 Å². The van der Waals surface area contributed by atoms with Crippen LogP contribution >= 0.6 is 0 Å². The number of sulfonamides is 1. The van der Waals surface area contributed by atoms with E-state index in [1.165, 1.54) is 0 Å². The molecule has 1 saturated heterocycles. The fourth-order valence-electron chi connectivity index (χ4n) is 2.98. The highest BCUT2D eigenvalue weighted by atomic mass is 32.2. The zero-order valence-electron chi connectivity index (χ0n) is 14.7. The lowest BCUT2D eigenvalue weighted by atomic mass is 10.1. The second-order valence-corrected chi connectivity index (χ2v) is 8.29. The van der Waals surface area contributed by atoms with Crippen LogP contribution in [0.5, 0.6) is 5.75 Å². The van der Waals surface area contributed by atoms with Crippen molar-refractivity contribution in [2.75, 3.05) is 19.7 Å². The summed E-state index contributed by atoms with van der Waals surface area (Å²) in [5.74, 6) is 0.684. The van der Waals surface area contributed by atoms with Gasteiger partial charge >= 0.3 is 6.09 Å². The van der Waals surface area contributed by atoms with Crippen LogP contribution in [0.4, 0.5) is 4.79 Å². The first-order valence-electron chi connectivity index (χ1n) is 8.52. The first kappa shape index (κ1) is 18.0. The van der Waals surface area contributed by atoms with Crippen molar-refractivity contribution in [3.8, 4) is 5.75 Å². The number of carbonyl (C=O) groups excluding carboxylic acids is 1. The number of rotatable bonds is 7. The standard InChI is InChI=1S/C17H24N2O5S/c1-4-23-15-7-12(3)16(8-11(15)2)25(21,22)18-9-14-10-19(13-5-6-13)17(20)24-14/h7-8,13-14,18H,4-6,9-10H2,1-3H3. The lowest BCUT2D eigenvalue weighted by Gasteiger charge is -2.15. The zero-order valence-corrected chi connectivity index (χ0v) is 15.6. The van der Waals surface area contributed by atoms with Gasteiger partial charge in [-0.1, -0.05) is 0 Å². The van der Waals surface area contributed by atoms with Crippen molar-refractivity contribution in [3.63, 3.8) is 0 Å². The Morgan fingerprint density at radius 2 is 2.00 bits per heavy atom. The Labute approximate surface area is 148 Å². The van der Waals surface area contributed by atoms with E-state index in [9.17, 15) is 13.2 Å². The Morgan fingerprint density at radius 1 is 1.28 bits per heavy atom. The summed E-state index contributed by atoms with van der Waals surface area (Å²) >= 11 is 0. The van der Waals surface area contributed by atoms with Gasteiger partial charge in [0, 0.05) is 12.6 Å². The molecule has 1 aromatic carbocycles. The summed E-state index contributed by atoms with van der Waals surface area (Å²) in [6, 6.07) is 3.61. The van der Waals surface area contributed by atoms with Crippen LogP contribution < -0.4 is 9.46 Å². The van der Waals surface area contributed by atoms with E-state index in [-0.39, 0.29) is 23.6 Å². The van der Waals surface area contributed by atoms with E-state index in [0.29, 0.717) is 24.5 Å². The van der Waals surface area contributed by atoms with Crippen LogP contribution in [0.25, 0.3) is 0 Å². The molecule has 2 aliphatic rings. The Morgan fingerprint density at radius 3 is 2.64 bits per heavy atom. The predicted octanol–water partition coefficient (Wildman–Crippen LogP) is 1.96. The van der Waals surface area contributed by atoms with Gasteiger partial charge in [-0.05, 0) is 56.9 Å². The minimum Gasteiger partial charge on any atom is -0.494 e. The lowest BCUT2D eigenvalue weighted by molar-refractivity contribution is 0.133. The SMILES string of the molecule is CCOc1cc(C)c(S(=O)(=O)NCC2CN(C3CC3)C(=O)O2)cc1C. The molecule has 1 saturated carbocycles. The van der Waals surface area contributed by atoms with Crippen molar-refractivity contribution in [2.24, 2.45) is 0 Å². The summed E-state index contributed by atoms with van der Waals surface area (Å²) in [7, 11) is -3.69. The molecule has 7 nitrogen and oxygen atoms in total. The minimum atomic E-state index is -3.69. The number of nitrogens with zero attached hydrogens (tertiary/aromatic N) is 1. The molecule has 1 aliphatic heterocycles. The molecule has 138 valence electrons. The summed E-state index contributed by atoms with van der Waals surface area (Å²) < 4.78 is 38.6. The number of benzene rings is 1. The fraction of sp³-hybridized carbons (Fsp3) is 0.588. The number of ether oxygens (including phenoxy) is 2. The van der Waals surface area contributed by atoms with Crippen LogP contribution in [0, 0.1) is 13.8 Å². The van der Waals surface area contributed by atoms with Crippen molar-refractivity contribution < 1.29 is 22.7 Å². The number of carbonyl (C=O) groups is 1. The molecule has 3 rings (SSSR count). The second kappa shape index (κ2) is 6.84. The van der Waals surface area contributed by atoms with Crippen LogP contribution in [0.1, 0.15) is 30.9 Å².